The Hall–Kier alpha value is -1.38. The van der Waals surface area contributed by atoms with Crippen molar-refractivity contribution < 1.29 is 13.9 Å². The van der Waals surface area contributed by atoms with Gasteiger partial charge in [0.1, 0.15) is 5.83 Å². The molecule has 0 heterocycles. The first-order valence-electron chi connectivity index (χ1n) is 3.84. The van der Waals surface area contributed by atoms with Crippen molar-refractivity contribution in [3.05, 3.63) is 36.2 Å². The third-order valence-electron chi connectivity index (χ3n) is 1.43. The zero-order valence-corrected chi connectivity index (χ0v) is 7.84. The minimum atomic E-state index is -0.538. The smallest absolute Gasteiger partial charge is 0.309 e. The molecule has 0 N–H and O–H groups in total. The summed E-state index contributed by atoms with van der Waals surface area (Å²) in [6.07, 6.45) is 4.57. The van der Waals surface area contributed by atoms with Crippen LogP contribution in [0, 0.1) is 0 Å². The molecule has 0 amide bonds. The van der Waals surface area contributed by atoms with Gasteiger partial charge in [0.05, 0.1) is 13.5 Å². The second-order valence-electron chi connectivity index (χ2n) is 2.40. The number of ether oxygens (including phenoxy) is 1. The van der Waals surface area contributed by atoms with E-state index >= 15 is 0 Å². The molecule has 0 aliphatic heterocycles. The van der Waals surface area contributed by atoms with E-state index in [1.165, 1.54) is 19.3 Å². The van der Waals surface area contributed by atoms with E-state index < -0.39 is 5.83 Å². The molecule has 0 saturated carbocycles. The number of methoxy groups -OCH3 is 1. The third kappa shape index (κ3) is 5.84. The highest BCUT2D eigenvalue weighted by molar-refractivity contribution is 5.73. The van der Waals surface area contributed by atoms with Crippen LogP contribution in [0.25, 0.3) is 0 Å². The standard InChI is InChI=1S/C10H13FO2/c1-4-9(6-5-8(2)11)7-10(12)13-3/h4-6H,2,7H2,1,3H3/b6-5-,9-4+. The maximum absolute atomic E-state index is 12.2. The monoisotopic (exact) mass is 184 g/mol. The fraction of sp³-hybridized carbons (Fsp3) is 0.300. The predicted octanol–water partition coefficient (Wildman–Crippen LogP) is 2.54. The van der Waals surface area contributed by atoms with Gasteiger partial charge in [-0.15, -0.1) is 0 Å². The molecule has 0 atom stereocenters. The van der Waals surface area contributed by atoms with Crippen molar-refractivity contribution >= 4 is 5.97 Å². The molecule has 0 aromatic carbocycles. The van der Waals surface area contributed by atoms with E-state index in [1.807, 2.05) is 0 Å². The number of carbonyl (C=O) groups excluding carboxylic acids is 1. The zero-order valence-electron chi connectivity index (χ0n) is 7.84. The summed E-state index contributed by atoms with van der Waals surface area (Å²) in [6, 6.07) is 0. The average Bonchev–Trinajstić information content (AvgIpc) is 2.11. The van der Waals surface area contributed by atoms with Crippen molar-refractivity contribution in [2.24, 2.45) is 0 Å². The van der Waals surface area contributed by atoms with Gasteiger partial charge in [-0.1, -0.05) is 18.7 Å². The van der Waals surface area contributed by atoms with Gasteiger partial charge in [0.2, 0.25) is 0 Å². The quantitative estimate of drug-likeness (QED) is 0.495. The molecule has 0 aromatic heterocycles. The van der Waals surface area contributed by atoms with Crippen LogP contribution in [0.4, 0.5) is 4.39 Å². The number of esters is 1. The van der Waals surface area contributed by atoms with Crippen LogP contribution in [-0.2, 0) is 9.53 Å². The van der Waals surface area contributed by atoms with Crippen LogP contribution in [0.15, 0.2) is 36.2 Å². The highest BCUT2D eigenvalue weighted by atomic mass is 19.1. The molecule has 0 rings (SSSR count). The SMILES string of the molecule is C=C(F)/C=C\C(=C/C)CC(=O)OC. The predicted molar refractivity (Wildman–Crippen MR) is 49.8 cm³/mol. The van der Waals surface area contributed by atoms with Crippen LogP contribution in [0.1, 0.15) is 13.3 Å². The lowest BCUT2D eigenvalue weighted by atomic mass is 10.1. The summed E-state index contributed by atoms with van der Waals surface area (Å²) in [4.78, 5) is 10.8. The van der Waals surface area contributed by atoms with E-state index in [-0.39, 0.29) is 12.4 Å². The van der Waals surface area contributed by atoms with Crippen LogP contribution in [0.3, 0.4) is 0 Å². The summed E-state index contributed by atoms with van der Waals surface area (Å²) in [6.45, 7) is 4.83. The normalized spacial score (nSPS) is 11.8. The second kappa shape index (κ2) is 6.17. The van der Waals surface area contributed by atoms with Gasteiger partial charge in [0.15, 0.2) is 0 Å². The van der Waals surface area contributed by atoms with Crippen LogP contribution in [-0.4, -0.2) is 13.1 Å². The maximum atomic E-state index is 12.2. The summed E-state index contributed by atoms with van der Waals surface area (Å²) in [5.74, 6) is -0.883. The lowest BCUT2D eigenvalue weighted by molar-refractivity contribution is -0.139. The van der Waals surface area contributed by atoms with Crippen LogP contribution in [0.5, 0.6) is 0 Å². The van der Waals surface area contributed by atoms with Gasteiger partial charge in [-0.2, -0.15) is 0 Å². The van der Waals surface area contributed by atoms with E-state index in [2.05, 4.69) is 11.3 Å². The molecule has 0 unspecified atom stereocenters. The molecule has 0 radical (unpaired) electrons. The minimum Gasteiger partial charge on any atom is -0.469 e. The van der Waals surface area contributed by atoms with Crippen molar-refractivity contribution in [3.8, 4) is 0 Å². The van der Waals surface area contributed by atoms with Gasteiger partial charge in [-0.25, -0.2) is 4.39 Å². The maximum Gasteiger partial charge on any atom is 0.309 e. The Morgan fingerprint density at radius 3 is 2.54 bits per heavy atom. The Labute approximate surface area is 77.4 Å². The van der Waals surface area contributed by atoms with E-state index in [9.17, 15) is 9.18 Å². The largest absolute Gasteiger partial charge is 0.469 e. The van der Waals surface area contributed by atoms with Crippen LogP contribution < -0.4 is 0 Å². The molecule has 72 valence electrons. The molecule has 3 heteroatoms. The van der Waals surface area contributed by atoms with E-state index in [4.69, 9.17) is 0 Å². The number of hydrogen-bond acceptors (Lipinski definition) is 2. The molecule has 13 heavy (non-hydrogen) atoms. The molecular formula is C10H13FO2. The molecule has 0 aliphatic rings. The molecule has 0 fully saturated rings. The number of carbonyl (C=O) groups is 1. The van der Waals surface area contributed by atoms with Crippen molar-refractivity contribution in [1.29, 1.82) is 0 Å². The van der Waals surface area contributed by atoms with Gasteiger partial charge in [-0.05, 0) is 18.6 Å². The first-order valence-corrected chi connectivity index (χ1v) is 3.84. The first-order chi connectivity index (χ1) is 6.10. The zero-order chi connectivity index (χ0) is 10.3. The number of allylic oxidation sites excluding steroid dienone is 4. The van der Waals surface area contributed by atoms with Crippen LogP contribution in [0.2, 0.25) is 0 Å². The van der Waals surface area contributed by atoms with E-state index in [0.717, 1.165) is 0 Å². The Kier molecular flexibility index (Phi) is 5.52. The molecule has 0 bridgehead atoms. The van der Waals surface area contributed by atoms with Gasteiger partial charge in [-0.3, -0.25) is 4.79 Å². The Bertz CT molecular complexity index is 252. The summed E-state index contributed by atoms with van der Waals surface area (Å²) >= 11 is 0. The topological polar surface area (TPSA) is 26.3 Å². The lowest BCUT2D eigenvalue weighted by Gasteiger charge is -1.98. The number of rotatable bonds is 4. The summed E-state index contributed by atoms with van der Waals surface area (Å²) in [5.41, 5.74) is 0.700. The Balaban J connectivity index is 4.22. The number of hydrogen-bond donors (Lipinski definition) is 0. The van der Waals surface area contributed by atoms with Gasteiger partial charge in [0, 0.05) is 0 Å². The molecule has 0 aliphatic carbocycles. The van der Waals surface area contributed by atoms with Gasteiger partial charge >= 0.3 is 5.97 Å². The van der Waals surface area contributed by atoms with Crippen molar-refractivity contribution in [2.45, 2.75) is 13.3 Å². The first kappa shape index (κ1) is 11.6. The third-order valence-corrected chi connectivity index (χ3v) is 1.43. The fourth-order valence-electron chi connectivity index (χ4n) is 0.694. The molecule has 0 spiro atoms. The van der Waals surface area contributed by atoms with Crippen molar-refractivity contribution in [1.82, 2.24) is 0 Å². The molecule has 0 saturated heterocycles. The minimum absolute atomic E-state index is 0.150. The highest BCUT2D eigenvalue weighted by Gasteiger charge is 2.01. The van der Waals surface area contributed by atoms with E-state index in [1.54, 1.807) is 13.0 Å². The molecular weight excluding hydrogens is 171 g/mol. The van der Waals surface area contributed by atoms with Gasteiger partial charge < -0.3 is 4.74 Å². The van der Waals surface area contributed by atoms with Crippen molar-refractivity contribution in [2.75, 3.05) is 7.11 Å². The lowest BCUT2D eigenvalue weighted by Crippen LogP contribution is -2.00. The Morgan fingerprint density at radius 2 is 2.15 bits per heavy atom. The number of halogens is 1. The molecule has 0 aromatic rings. The highest BCUT2D eigenvalue weighted by Crippen LogP contribution is 2.06. The van der Waals surface area contributed by atoms with Gasteiger partial charge in [0.25, 0.3) is 0 Å². The summed E-state index contributed by atoms with van der Waals surface area (Å²) in [7, 11) is 1.31. The summed E-state index contributed by atoms with van der Waals surface area (Å²) < 4.78 is 16.7. The van der Waals surface area contributed by atoms with E-state index in [0.29, 0.717) is 5.57 Å². The molecule has 2 nitrogen and oxygen atoms in total. The Morgan fingerprint density at radius 1 is 1.54 bits per heavy atom. The average molecular weight is 184 g/mol. The van der Waals surface area contributed by atoms with Crippen LogP contribution >= 0.6 is 0 Å². The van der Waals surface area contributed by atoms with Crippen molar-refractivity contribution in [3.63, 3.8) is 0 Å². The summed E-state index contributed by atoms with van der Waals surface area (Å²) in [5, 5.41) is 0. The fourth-order valence-corrected chi connectivity index (χ4v) is 0.694. The second-order valence-corrected chi connectivity index (χ2v) is 2.40.